The van der Waals surface area contributed by atoms with E-state index in [0.717, 1.165) is 36.5 Å². The molecule has 0 radical (unpaired) electrons. The van der Waals surface area contributed by atoms with Crippen molar-refractivity contribution in [2.45, 2.75) is 25.8 Å². The van der Waals surface area contributed by atoms with Crippen molar-refractivity contribution in [2.75, 3.05) is 18.0 Å². The third-order valence-electron chi connectivity index (χ3n) is 4.71. The van der Waals surface area contributed by atoms with Crippen molar-refractivity contribution in [3.63, 3.8) is 0 Å². The predicted molar refractivity (Wildman–Crippen MR) is 106 cm³/mol. The number of carbonyl (C=O) groups excluding carboxylic acids is 1. The first kappa shape index (κ1) is 18.4. The third-order valence-corrected chi connectivity index (χ3v) is 5.08. The molecule has 3 heterocycles. The van der Waals surface area contributed by atoms with Gasteiger partial charge in [-0.15, -0.1) is 0 Å². The molecule has 0 spiro atoms. The van der Waals surface area contributed by atoms with Crippen LogP contribution in [0, 0.1) is 6.92 Å². The van der Waals surface area contributed by atoms with Crippen LogP contribution < -0.4 is 10.2 Å². The number of aromatic nitrogens is 3. The number of nitrogens with one attached hydrogen (secondary N) is 1. The van der Waals surface area contributed by atoms with Gasteiger partial charge in [0.2, 0.25) is 5.91 Å². The van der Waals surface area contributed by atoms with Crippen LogP contribution >= 0.6 is 11.6 Å². The molecule has 0 aliphatic carbocycles. The minimum absolute atomic E-state index is 0.0185. The topological polar surface area (TPSA) is 84.2 Å². The van der Waals surface area contributed by atoms with Crippen LogP contribution in [0.2, 0.25) is 5.02 Å². The summed E-state index contributed by atoms with van der Waals surface area (Å²) in [5.41, 5.74) is 1.62. The lowest BCUT2D eigenvalue weighted by Crippen LogP contribution is -2.38. The molecular formula is C20H20ClN5O2. The number of hydrogen-bond donors (Lipinski definition) is 1. The molecule has 0 saturated carbocycles. The van der Waals surface area contributed by atoms with Crippen LogP contribution in [0.25, 0.3) is 11.5 Å². The van der Waals surface area contributed by atoms with Crippen LogP contribution in [0.1, 0.15) is 17.8 Å². The Morgan fingerprint density at radius 1 is 1.32 bits per heavy atom. The zero-order valence-electron chi connectivity index (χ0n) is 15.4. The summed E-state index contributed by atoms with van der Waals surface area (Å²) in [6.45, 7) is 3.34. The highest BCUT2D eigenvalue weighted by Gasteiger charge is 2.25. The number of nitrogens with zero attached hydrogens (tertiary/aromatic N) is 4. The van der Waals surface area contributed by atoms with E-state index in [1.54, 1.807) is 19.2 Å². The van der Waals surface area contributed by atoms with Crippen LogP contribution in [0.4, 0.5) is 5.82 Å². The van der Waals surface area contributed by atoms with Gasteiger partial charge in [-0.1, -0.05) is 35.0 Å². The van der Waals surface area contributed by atoms with Crippen LogP contribution in [-0.4, -0.2) is 40.2 Å². The molecule has 7 nitrogen and oxygen atoms in total. The molecule has 8 heteroatoms. The first-order chi connectivity index (χ1) is 13.6. The second-order valence-corrected chi connectivity index (χ2v) is 7.23. The van der Waals surface area contributed by atoms with Gasteiger partial charge in [0.05, 0.1) is 12.0 Å². The van der Waals surface area contributed by atoms with Gasteiger partial charge in [-0.3, -0.25) is 4.79 Å². The molecule has 144 valence electrons. The van der Waals surface area contributed by atoms with E-state index < -0.39 is 0 Å². The maximum Gasteiger partial charge on any atom is 0.259 e. The Balaban J connectivity index is 1.33. The largest absolute Gasteiger partial charge is 0.354 e. The highest BCUT2D eigenvalue weighted by atomic mass is 35.5. The van der Waals surface area contributed by atoms with Crippen molar-refractivity contribution in [1.82, 2.24) is 20.4 Å². The van der Waals surface area contributed by atoms with E-state index in [4.69, 9.17) is 16.1 Å². The van der Waals surface area contributed by atoms with Crippen molar-refractivity contribution < 1.29 is 9.32 Å². The maximum atomic E-state index is 12.3. The number of pyridine rings is 1. The molecule has 1 amide bonds. The quantitative estimate of drug-likeness (QED) is 0.712. The summed E-state index contributed by atoms with van der Waals surface area (Å²) in [6, 6.07) is 11.4. The van der Waals surface area contributed by atoms with Gasteiger partial charge >= 0.3 is 0 Å². The van der Waals surface area contributed by atoms with E-state index in [9.17, 15) is 4.79 Å². The Hall–Kier alpha value is -2.93. The van der Waals surface area contributed by atoms with Crippen molar-refractivity contribution in [3.05, 3.63) is 59.0 Å². The molecule has 1 saturated heterocycles. The Kier molecular flexibility index (Phi) is 5.25. The standard InChI is InChI=1S/C20H20ClN5O2/c1-13-23-20(28-25-13)15-6-7-18(22-11-15)26-9-8-16(12-26)24-19(27)10-14-4-2-3-5-17(14)21/h2-7,11,16H,8-10,12H2,1H3,(H,24,27). The summed E-state index contributed by atoms with van der Waals surface area (Å²) in [5, 5.41) is 7.50. The van der Waals surface area contributed by atoms with Gasteiger partial charge in [0.15, 0.2) is 5.82 Å². The monoisotopic (exact) mass is 397 g/mol. The van der Waals surface area contributed by atoms with Gasteiger partial charge in [-0.2, -0.15) is 4.98 Å². The molecular weight excluding hydrogens is 378 g/mol. The fourth-order valence-electron chi connectivity index (χ4n) is 3.29. The SMILES string of the molecule is Cc1noc(-c2ccc(N3CCC(NC(=O)Cc4ccccc4Cl)C3)nc2)n1. The Morgan fingerprint density at radius 2 is 2.18 bits per heavy atom. The molecule has 4 rings (SSSR count). The molecule has 28 heavy (non-hydrogen) atoms. The number of halogens is 1. The second kappa shape index (κ2) is 7.98. The minimum atomic E-state index is -0.0185. The highest BCUT2D eigenvalue weighted by Crippen LogP contribution is 2.22. The van der Waals surface area contributed by atoms with E-state index in [0.29, 0.717) is 16.7 Å². The maximum absolute atomic E-state index is 12.3. The first-order valence-electron chi connectivity index (χ1n) is 9.13. The van der Waals surface area contributed by atoms with Gasteiger partial charge in [-0.05, 0) is 37.1 Å². The van der Waals surface area contributed by atoms with E-state index in [1.807, 2.05) is 30.3 Å². The normalized spacial score (nSPS) is 16.4. The average molecular weight is 398 g/mol. The fourth-order valence-corrected chi connectivity index (χ4v) is 3.50. The summed E-state index contributed by atoms with van der Waals surface area (Å²) in [6.07, 6.45) is 2.89. The lowest BCUT2D eigenvalue weighted by molar-refractivity contribution is -0.121. The Morgan fingerprint density at radius 3 is 2.89 bits per heavy atom. The van der Waals surface area contributed by atoms with E-state index in [-0.39, 0.29) is 18.4 Å². The van der Waals surface area contributed by atoms with E-state index in [1.165, 1.54) is 0 Å². The Labute approximate surface area is 167 Å². The Bertz CT molecular complexity index is 973. The van der Waals surface area contributed by atoms with Crippen LogP contribution in [0.3, 0.4) is 0 Å². The molecule has 2 aromatic heterocycles. The van der Waals surface area contributed by atoms with Crippen molar-refractivity contribution in [1.29, 1.82) is 0 Å². The minimum Gasteiger partial charge on any atom is -0.354 e. The molecule has 1 aliphatic rings. The molecule has 0 bridgehead atoms. The third kappa shape index (κ3) is 4.14. The van der Waals surface area contributed by atoms with Gasteiger partial charge in [0, 0.05) is 30.4 Å². The van der Waals surface area contributed by atoms with Gasteiger partial charge in [-0.25, -0.2) is 4.98 Å². The molecule has 1 N–H and O–H groups in total. The molecule has 3 aromatic rings. The first-order valence-corrected chi connectivity index (χ1v) is 9.51. The van der Waals surface area contributed by atoms with Gasteiger partial charge in [0.25, 0.3) is 5.89 Å². The molecule has 1 aliphatic heterocycles. The summed E-state index contributed by atoms with van der Waals surface area (Å²) in [7, 11) is 0. The van der Waals surface area contributed by atoms with Crippen molar-refractivity contribution >= 4 is 23.3 Å². The van der Waals surface area contributed by atoms with Crippen molar-refractivity contribution in [3.8, 4) is 11.5 Å². The lowest BCUT2D eigenvalue weighted by atomic mass is 10.1. The molecule has 1 aromatic carbocycles. The number of rotatable bonds is 5. The predicted octanol–water partition coefficient (Wildman–Crippen LogP) is 3.03. The number of aryl methyl sites for hydroxylation is 1. The van der Waals surface area contributed by atoms with Crippen LogP contribution in [-0.2, 0) is 11.2 Å². The smallest absolute Gasteiger partial charge is 0.259 e. The zero-order chi connectivity index (χ0) is 19.5. The molecule has 1 unspecified atom stereocenters. The average Bonchev–Trinajstić information content (AvgIpc) is 3.33. The summed E-state index contributed by atoms with van der Waals surface area (Å²) >= 11 is 6.13. The van der Waals surface area contributed by atoms with Crippen LogP contribution in [0.5, 0.6) is 0 Å². The van der Waals surface area contributed by atoms with E-state index >= 15 is 0 Å². The number of benzene rings is 1. The number of amides is 1. The lowest BCUT2D eigenvalue weighted by Gasteiger charge is -2.18. The molecule has 1 fully saturated rings. The number of carbonyl (C=O) groups is 1. The number of hydrogen-bond acceptors (Lipinski definition) is 6. The second-order valence-electron chi connectivity index (χ2n) is 6.82. The van der Waals surface area contributed by atoms with Gasteiger partial charge in [0.1, 0.15) is 5.82 Å². The molecule has 1 atom stereocenters. The van der Waals surface area contributed by atoms with E-state index in [2.05, 4.69) is 25.3 Å². The zero-order valence-corrected chi connectivity index (χ0v) is 16.2. The highest BCUT2D eigenvalue weighted by molar-refractivity contribution is 6.31. The van der Waals surface area contributed by atoms with Crippen molar-refractivity contribution in [2.24, 2.45) is 0 Å². The van der Waals surface area contributed by atoms with Gasteiger partial charge < -0.3 is 14.7 Å². The summed E-state index contributed by atoms with van der Waals surface area (Å²) < 4.78 is 5.16. The number of anilines is 1. The summed E-state index contributed by atoms with van der Waals surface area (Å²) in [5.74, 6) is 1.90. The van der Waals surface area contributed by atoms with Crippen LogP contribution in [0.15, 0.2) is 47.1 Å². The fraction of sp³-hybridized carbons (Fsp3) is 0.300. The summed E-state index contributed by atoms with van der Waals surface area (Å²) in [4.78, 5) is 23.2.